The van der Waals surface area contributed by atoms with Gasteiger partial charge in [-0.2, -0.15) is 0 Å². The average Bonchev–Trinajstić information content (AvgIpc) is 3.39. The first-order valence-electron chi connectivity index (χ1n) is 10.3. The summed E-state index contributed by atoms with van der Waals surface area (Å²) in [5, 5.41) is 2.93. The van der Waals surface area contributed by atoms with Gasteiger partial charge in [-0.1, -0.05) is 52.0 Å². The topological polar surface area (TPSA) is 58.4 Å². The van der Waals surface area contributed by atoms with Crippen LogP contribution in [-0.2, 0) is 18.5 Å². The minimum atomic E-state index is -0.167. The summed E-state index contributed by atoms with van der Waals surface area (Å²) >= 11 is 0. The van der Waals surface area contributed by atoms with Gasteiger partial charge in [0.15, 0.2) is 5.69 Å². The van der Waals surface area contributed by atoms with Crippen LogP contribution < -0.4 is 5.32 Å². The maximum atomic E-state index is 12.2. The number of aromatic nitrogens is 1. The van der Waals surface area contributed by atoms with Gasteiger partial charge >= 0.3 is 0 Å². The molecule has 0 bridgehead atoms. The summed E-state index contributed by atoms with van der Waals surface area (Å²) in [7, 11) is 0. The van der Waals surface area contributed by atoms with Crippen LogP contribution in [0.15, 0.2) is 34.9 Å². The summed E-state index contributed by atoms with van der Waals surface area (Å²) in [6, 6.07) is 9.59. The number of hydrogen-bond donors (Lipinski definition) is 1. The summed E-state index contributed by atoms with van der Waals surface area (Å²) in [5.41, 5.74) is 3.17. The van der Waals surface area contributed by atoms with Gasteiger partial charge in [0.1, 0.15) is 6.26 Å². The van der Waals surface area contributed by atoms with Gasteiger partial charge in [0, 0.05) is 18.6 Å². The van der Waals surface area contributed by atoms with Gasteiger partial charge < -0.3 is 9.73 Å². The van der Waals surface area contributed by atoms with Crippen molar-refractivity contribution in [3.05, 3.63) is 53.2 Å². The predicted octanol–water partition coefficient (Wildman–Crippen LogP) is 4.67. The zero-order chi connectivity index (χ0) is 20.3. The van der Waals surface area contributed by atoms with Crippen molar-refractivity contribution in [1.82, 2.24) is 15.2 Å². The van der Waals surface area contributed by atoms with Crippen molar-refractivity contribution < 1.29 is 9.21 Å². The van der Waals surface area contributed by atoms with Crippen LogP contribution in [0.1, 0.15) is 81.4 Å². The molecular weight excluding hydrogens is 350 g/mol. The molecular formula is C23H33N3O2. The number of nitrogens with zero attached hydrogens (tertiary/aromatic N) is 2. The van der Waals surface area contributed by atoms with Crippen LogP contribution in [0.3, 0.4) is 0 Å². The number of amides is 1. The molecule has 28 heavy (non-hydrogen) atoms. The van der Waals surface area contributed by atoms with E-state index in [0.717, 1.165) is 13.0 Å². The van der Waals surface area contributed by atoms with Gasteiger partial charge in [0.2, 0.25) is 5.89 Å². The second kappa shape index (κ2) is 8.48. The third kappa shape index (κ3) is 5.44. The Bertz CT molecular complexity index is 785. The molecule has 1 fully saturated rings. The quantitative estimate of drug-likeness (QED) is 0.720. The van der Waals surface area contributed by atoms with Crippen molar-refractivity contribution in [2.24, 2.45) is 0 Å². The number of rotatable bonds is 8. The fraction of sp³-hybridized carbons (Fsp3) is 0.565. The molecule has 5 nitrogen and oxygen atoms in total. The van der Waals surface area contributed by atoms with Crippen molar-refractivity contribution >= 4 is 5.91 Å². The van der Waals surface area contributed by atoms with Crippen molar-refractivity contribution in [1.29, 1.82) is 0 Å². The first-order valence-corrected chi connectivity index (χ1v) is 10.3. The zero-order valence-electron chi connectivity index (χ0n) is 17.8. The van der Waals surface area contributed by atoms with E-state index in [2.05, 4.69) is 60.2 Å². The molecule has 2 aromatic rings. The largest absolute Gasteiger partial charge is 0.447 e. The SMILES string of the molecule is CCC(C)NC(=O)c1coc(CN(Cc2ccc(C(C)(C)C)cc2)C2CC2)n1. The molecule has 1 atom stereocenters. The number of benzene rings is 1. The molecule has 1 aliphatic carbocycles. The molecule has 5 heteroatoms. The smallest absolute Gasteiger partial charge is 0.273 e. The van der Waals surface area contributed by atoms with Crippen LogP contribution in [0.25, 0.3) is 0 Å². The highest BCUT2D eigenvalue weighted by Gasteiger charge is 2.30. The van der Waals surface area contributed by atoms with E-state index in [9.17, 15) is 4.79 Å². The molecule has 0 saturated heterocycles. The summed E-state index contributed by atoms with van der Waals surface area (Å²) in [6.45, 7) is 12.2. The molecule has 1 aromatic heterocycles. The minimum Gasteiger partial charge on any atom is -0.447 e. The highest BCUT2D eigenvalue weighted by molar-refractivity contribution is 5.92. The average molecular weight is 384 g/mol. The highest BCUT2D eigenvalue weighted by Crippen LogP contribution is 2.30. The Kier molecular flexibility index (Phi) is 6.23. The predicted molar refractivity (Wildman–Crippen MR) is 111 cm³/mol. The molecule has 1 N–H and O–H groups in total. The van der Waals surface area contributed by atoms with Crippen LogP contribution in [0.2, 0.25) is 0 Å². The number of carbonyl (C=O) groups excluding carboxylic acids is 1. The lowest BCUT2D eigenvalue weighted by atomic mass is 9.87. The van der Waals surface area contributed by atoms with Gasteiger partial charge in [0.25, 0.3) is 5.91 Å². The van der Waals surface area contributed by atoms with E-state index in [4.69, 9.17) is 4.42 Å². The minimum absolute atomic E-state index is 0.131. The van der Waals surface area contributed by atoms with E-state index in [-0.39, 0.29) is 17.4 Å². The van der Waals surface area contributed by atoms with Crippen molar-refractivity contribution in [2.75, 3.05) is 0 Å². The van der Waals surface area contributed by atoms with Crippen LogP contribution in [0, 0.1) is 0 Å². The van der Waals surface area contributed by atoms with E-state index in [0.29, 0.717) is 24.2 Å². The Morgan fingerprint density at radius 3 is 2.50 bits per heavy atom. The van der Waals surface area contributed by atoms with E-state index >= 15 is 0 Å². The van der Waals surface area contributed by atoms with Gasteiger partial charge in [0.05, 0.1) is 6.54 Å². The molecule has 1 aromatic carbocycles. The number of nitrogens with one attached hydrogen (secondary N) is 1. The molecule has 0 aliphatic heterocycles. The lowest BCUT2D eigenvalue weighted by Gasteiger charge is -2.22. The van der Waals surface area contributed by atoms with Crippen LogP contribution in [0.4, 0.5) is 0 Å². The number of carbonyl (C=O) groups is 1. The summed E-state index contributed by atoms with van der Waals surface area (Å²) in [4.78, 5) is 19.0. The standard InChI is InChI=1S/C23H33N3O2/c1-6-16(2)24-22(27)20-15-28-21(25-20)14-26(19-11-12-19)13-17-7-9-18(10-8-17)23(3,4)5/h7-10,15-16,19H,6,11-14H2,1-5H3,(H,24,27). The Labute approximate surface area is 168 Å². The lowest BCUT2D eigenvalue weighted by molar-refractivity contribution is 0.0934. The van der Waals surface area contributed by atoms with Gasteiger partial charge in [-0.3, -0.25) is 9.69 Å². The molecule has 1 amide bonds. The Balaban J connectivity index is 1.63. The van der Waals surface area contributed by atoms with Crippen LogP contribution in [0.5, 0.6) is 0 Å². The normalized spacial score (nSPS) is 15.6. The third-order valence-corrected chi connectivity index (χ3v) is 5.38. The fourth-order valence-corrected chi connectivity index (χ4v) is 3.16. The third-order valence-electron chi connectivity index (χ3n) is 5.38. The Morgan fingerprint density at radius 1 is 1.25 bits per heavy atom. The van der Waals surface area contributed by atoms with Crippen LogP contribution >= 0.6 is 0 Å². The van der Waals surface area contributed by atoms with Crippen molar-refractivity contribution in [3.63, 3.8) is 0 Å². The molecule has 0 spiro atoms. The van der Waals surface area contributed by atoms with E-state index in [1.807, 2.05) is 13.8 Å². The Hall–Kier alpha value is -2.14. The second-order valence-corrected chi connectivity index (χ2v) is 8.99. The second-order valence-electron chi connectivity index (χ2n) is 8.99. The first kappa shape index (κ1) is 20.6. The van der Waals surface area contributed by atoms with Gasteiger partial charge in [-0.25, -0.2) is 4.98 Å². The number of oxazole rings is 1. The van der Waals surface area contributed by atoms with E-state index in [1.54, 1.807) is 0 Å². The zero-order valence-corrected chi connectivity index (χ0v) is 17.8. The summed E-state index contributed by atoms with van der Waals surface area (Å²) in [5.74, 6) is 0.438. The van der Waals surface area contributed by atoms with Crippen LogP contribution in [-0.4, -0.2) is 27.9 Å². The highest BCUT2D eigenvalue weighted by atomic mass is 16.3. The van der Waals surface area contributed by atoms with E-state index < -0.39 is 0 Å². The van der Waals surface area contributed by atoms with Crippen molar-refractivity contribution in [2.45, 2.75) is 84.5 Å². The number of hydrogen-bond acceptors (Lipinski definition) is 4. The molecule has 0 radical (unpaired) electrons. The lowest BCUT2D eigenvalue weighted by Crippen LogP contribution is -2.32. The molecule has 152 valence electrons. The first-order chi connectivity index (χ1) is 13.3. The van der Waals surface area contributed by atoms with Crippen molar-refractivity contribution in [3.8, 4) is 0 Å². The Morgan fingerprint density at radius 2 is 1.93 bits per heavy atom. The molecule has 1 unspecified atom stereocenters. The molecule has 3 rings (SSSR count). The van der Waals surface area contributed by atoms with Gasteiger partial charge in [-0.05, 0) is 42.7 Å². The summed E-state index contributed by atoms with van der Waals surface area (Å²) in [6.07, 6.45) is 4.78. The molecule has 1 saturated carbocycles. The van der Waals surface area contributed by atoms with Gasteiger partial charge in [-0.15, -0.1) is 0 Å². The monoisotopic (exact) mass is 383 g/mol. The summed E-state index contributed by atoms with van der Waals surface area (Å²) < 4.78 is 5.60. The molecule has 1 aliphatic rings. The maximum Gasteiger partial charge on any atom is 0.273 e. The fourth-order valence-electron chi connectivity index (χ4n) is 3.16. The maximum absolute atomic E-state index is 12.2. The van der Waals surface area contributed by atoms with E-state index in [1.165, 1.54) is 30.2 Å². The molecule has 1 heterocycles.